The summed E-state index contributed by atoms with van der Waals surface area (Å²) < 4.78 is 0. The van der Waals surface area contributed by atoms with Crippen molar-refractivity contribution in [2.45, 2.75) is 20.0 Å². The van der Waals surface area contributed by atoms with Gasteiger partial charge < -0.3 is 5.32 Å². The molecule has 106 valence electrons. The summed E-state index contributed by atoms with van der Waals surface area (Å²) in [5.74, 6) is 1.66. The van der Waals surface area contributed by atoms with Crippen LogP contribution in [0.2, 0.25) is 5.02 Å². The molecule has 20 heavy (non-hydrogen) atoms. The highest BCUT2D eigenvalue weighted by Gasteiger charge is 2.08. The van der Waals surface area contributed by atoms with Crippen molar-refractivity contribution in [2.75, 3.05) is 19.4 Å². The fourth-order valence-electron chi connectivity index (χ4n) is 2.04. The molecule has 0 aliphatic carbocycles. The molecule has 0 aliphatic heterocycles. The summed E-state index contributed by atoms with van der Waals surface area (Å²) in [6.07, 6.45) is 0. The lowest BCUT2D eigenvalue weighted by atomic mass is 10.2. The zero-order valence-corrected chi connectivity index (χ0v) is 12.8. The van der Waals surface area contributed by atoms with Crippen molar-refractivity contribution in [2.24, 2.45) is 0 Å². The lowest BCUT2D eigenvalue weighted by Gasteiger charge is -2.17. The van der Waals surface area contributed by atoms with Crippen molar-refractivity contribution >= 4 is 17.4 Å². The van der Waals surface area contributed by atoms with E-state index in [4.69, 9.17) is 11.6 Å². The number of aromatic nitrogens is 2. The van der Waals surface area contributed by atoms with Gasteiger partial charge in [-0.2, -0.15) is 0 Å². The van der Waals surface area contributed by atoms with Gasteiger partial charge in [0.25, 0.3) is 0 Å². The van der Waals surface area contributed by atoms with Crippen LogP contribution in [0.1, 0.15) is 17.1 Å². The first-order valence-electron chi connectivity index (χ1n) is 6.52. The lowest BCUT2D eigenvalue weighted by molar-refractivity contribution is 0.310. The van der Waals surface area contributed by atoms with Crippen molar-refractivity contribution in [3.05, 3.63) is 52.4 Å². The number of aryl methyl sites for hydroxylation is 1. The molecule has 0 atom stereocenters. The number of halogens is 1. The Kier molecular flexibility index (Phi) is 4.93. The molecule has 0 amide bonds. The monoisotopic (exact) mass is 290 g/mol. The maximum absolute atomic E-state index is 6.18. The average molecular weight is 291 g/mol. The number of anilines is 1. The molecule has 0 bridgehead atoms. The molecule has 5 heteroatoms. The standard InChI is InChI=1S/C15H19ClN4/c1-11-8-14(17-2)19-15(18-11)10-20(3)9-12-6-4-5-7-13(12)16/h4-8H,9-10H2,1-3H3,(H,17,18,19). The normalized spacial score (nSPS) is 10.8. The largest absolute Gasteiger partial charge is 0.373 e. The second-order valence-corrected chi connectivity index (χ2v) is 5.23. The van der Waals surface area contributed by atoms with Crippen LogP contribution < -0.4 is 5.32 Å². The minimum absolute atomic E-state index is 0.682. The SMILES string of the molecule is CNc1cc(C)nc(CN(C)Cc2ccccc2Cl)n1. The van der Waals surface area contributed by atoms with Crippen molar-refractivity contribution in [1.82, 2.24) is 14.9 Å². The Morgan fingerprint density at radius 2 is 1.95 bits per heavy atom. The number of benzene rings is 1. The highest BCUT2D eigenvalue weighted by molar-refractivity contribution is 6.31. The minimum atomic E-state index is 0.682. The fourth-order valence-corrected chi connectivity index (χ4v) is 2.24. The summed E-state index contributed by atoms with van der Waals surface area (Å²) in [5.41, 5.74) is 2.07. The smallest absolute Gasteiger partial charge is 0.144 e. The number of rotatable bonds is 5. The molecule has 1 N–H and O–H groups in total. The van der Waals surface area contributed by atoms with Crippen LogP contribution in [0.25, 0.3) is 0 Å². The van der Waals surface area contributed by atoms with Crippen LogP contribution in [0.4, 0.5) is 5.82 Å². The summed E-state index contributed by atoms with van der Waals surface area (Å²) in [6.45, 7) is 3.42. The summed E-state index contributed by atoms with van der Waals surface area (Å²) >= 11 is 6.18. The van der Waals surface area contributed by atoms with Crippen LogP contribution in [0.5, 0.6) is 0 Å². The predicted octanol–water partition coefficient (Wildman–Crippen LogP) is 3.11. The van der Waals surface area contributed by atoms with Crippen molar-refractivity contribution < 1.29 is 0 Å². The van der Waals surface area contributed by atoms with E-state index < -0.39 is 0 Å². The molecule has 1 aromatic heterocycles. The summed E-state index contributed by atoms with van der Waals surface area (Å²) in [6, 6.07) is 9.81. The molecular weight excluding hydrogens is 272 g/mol. The predicted molar refractivity (Wildman–Crippen MR) is 82.9 cm³/mol. The van der Waals surface area contributed by atoms with E-state index in [0.717, 1.165) is 34.5 Å². The molecule has 0 aliphatic rings. The van der Waals surface area contributed by atoms with Gasteiger partial charge in [-0.3, -0.25) is 4.90 Å². The molecule has 1 heterocycles. The minimum Gasteiger partial charge on any atom is -0.373 e. The fraction of sp³-hybridized carbons (Fsp3) is 0.333. The molecular formula is C15H19ClN4. The van der Waals surface area contributed by atoms with E-state index in [0.29, 0.717) is 6.54 Å². The van der Waals surface area contributed by atoms with Gasteiger partial charge in [0.05, 0.1) is 6.54 Å². The number of nitrogens with zero attached hydrogens (tertiary/aromatic N) is 3. The van der Waals surface area contributed by atoms with Gasteiger partial charge >= 0.3 is 0 Å². The van der Waals surface area contributed by atoms with Gasteiger partial charge in [-0.15, -0.1) is 0 Å². The molecule has 2 rings (SSSR count). The molecule has 0 saturated carbocycles. The number of nitrogens with one attached hydrogen (secondary N) is 1. The summed E-state index contributed by atoms with van der Waals surface area (Å²) in [4.78, 5) is 11.1. The Hall–Kier alpha value is -1.65. The van der Waals surface area contributed by atoms with Crippen LogP contribution in [-0.4, -0.2) is 29.0 Å². The summed E-state index contributed by atoms with van der Waals surface area (Å²) in [7, 11) is 3.90. The Labute approximate surface area is 124 Å². The number of hydrogen-bond donors (Lipinski definition) is 1. The molecule has 2 aromatic rings. The third-order valence-electron chi connectivity index (χ3n) is 2.97. The van der Waals surface area contributed by atoms with E-state index in [9.17, 15) is 0 Å². The first-order valence-corrected chi connectivity index (χ1v) is 6.90. The lowest BCUT2D eigenvalue weighted by Crippen LogP contribution is -2.19. The van der Waals surface area contributed by atoms with Gasteiger partial charge in [0.1, 0.15) is 11.6 Å². The molecule has 4 nitrogen and oxygen atoms in total. The second kappa shape index (κ2) is 6.68. The average Bonchev–Trinajstić information content (AvgIpc) is 2.40. The molecule has 0 saturated heterocycles. The van der Waals surface area contributed by atoms with Crippen molar-refractivity contribution in [3.63, 3.8) is 0 Å². The van der Waals surface area contributed by atoms with E-state index >= 15 is 0 Å². The van der Waals surface area contributed by atoms with E-state index in [-0.39, 0.29) is 0 Å². The quantitative estimate of drug-likeness (QED) is 0.919. The zero-order valence-electron chi connectivity index (χ0n) is 12.0. The van der Waals surface area contributed by atoms with E-state index in [1.54, 1.807) is 0 Å². The maximum Gasteiger partial charge on any atom is 0.144 e. The van der Waals surface area contributed by atoms with Gasteiger partial charge in [-0.1, -0.05) is 29.8 Å². The highest BCUT2D eigenvalue weighted by Crippen LogP contribution is 2.17. The zero-order chi connectivity index (χ0) is 14.5. The molecule has 0 unspecified atom stereocenters. The van der Waals surface area contributed by atoms with Gasteiger partial charge in [-0.25, -0.2) is 9.97 Å². The topological polar surface area (TPSA) is 41.1 Å². The van der Waals surface area contributed by atoms with Crippen LogP contribution in [0.3, 0.4) is 0 Å². The van der Waals surface area contributed by atoms with Crippen LogP contribution in [0, 0.1) is 6.92 Å². The van der Waals surface area contributed by atoms with Gasteiger partial charge in [0, 0.05) is 30.4 Å². The van der Waals surface area contributed by atoms with Crippen molar-refractivity contribution in [3.8, 4) is 0 Å². The first kappa shape index (κ1) is 14.8. The second-order valence-electron chi connectivity index (χ2n) is 4.82. The molecule has 0 fully saturated rings. The molecule has 0 radical (unpaired) electrons. The first-order chi connectivity index (χ1) is 9.58. The number of hydrogen-bond acceptors (Lipinski definition) is 4. The van der Waals surface area contributed by atoms with Gasteiger partial charge in [0.15, 0.2) is 0 Å². The Morgan fingerprint density at radius 3 is 2.65 bits per heavy atom. The summed E-state index contributed by atoms with van der Waals surface area (Å²) in [5, 5.41) is 3.84. The third-order valence-corrected chi connectivity index (χ3v) is 3.33. The third kappa shape index (κ3) is 3.92. The Morgan fingerprint density at radius 1 is 1.20 bits per heavy atom. The van der Waals surface area contributed by atoms with Gasteiger partial charge in [-0.05, 0) is 25.6 Å². The van der Waals surface area contributed by atoms with E-state index in [2.05, 4.69) is 20.2 Å². The van der Waals surface area contributed by atoms with Gasteiger partial charge in [0.2, 0.25) is 0 Å². The Balaban J connectivity index is 2.06. The molecule has 0 spiro atoms. The Bertz CT molecular complexity index is 586. The molecule has 1 aromatic carbocycles. The van der Waals surface area contributed by atoms with Crippen LogP contribution >= 0.6 is 11.6 Å². The van der Waals surface area contributed by atoms with Crippen LogP contribution in [-0.2, 0) is 13.1 Å². The van der Waals surface area contributed by atoms with Crippen molar-refractivity contribution in [1.29, 1.82) is 0 Å². The van der Waals surface area contributed by atoms with Crippen LogP contribution in [0.15, 0.2) is 30.3 Å². The van der Waals surface area contributed by atoms with E-state index in [1.165, 1.54) is 0 Å². The maximum atomic E-state index is 6.18. The van der Waals surface area contributed by atoms with E-state index in [1.807, 2.05) is 51.4 Å². The highest BCUT2D eigenvalue weighted by atomic mass is 35.5.